The van der Waals surface area contributed by atoms with Gasteiger partial charge >= 0.3 is 0 Å². The third-order valence-corrected chi connectivity index (χ3v) is 3.15. The number of carbonyl (C=O) groups is 1. The van der Waals surface area contributed by atoms with Gasteiger partial charge in [-0.05, 0) is 30.4 Å². The van der Waals surface area contributed by atoms with Gasteiger partial charge in [0.05, 0.1) is 0 Å². The maximum absolute atomic E-state index is 13.3. The molecule has 1 aliphatic carbocycles. The summed E-state index contributed by atoms with van der Waals surface area (Å²) in [5, 5.41) is 2.77. The van der Waals surface area contributed by atoms with Crippen molar-refractivity contribution in [3.8, 4) is 0 Å². The van der Waals surface area contributed by atoms with Crippen molar-refractivity contribution >= 4 is 5.91 Å². The molecule has 0 radical (unpaired) electrons. The Hall–Kier alpha value is -1.45. The number of benzene rings is 1. The van der Waals surface area contributed by atoms with Crippen LogP contribution in [-0.4, -0.2) is 12.5 Å². The van der Waals surface area contributed by atoms with Gasteiger partial charge in [-0.15, -0.1) is 0 Å². The fraction of sp³-hybridized carbons (Fsp3) is 0.462. The molecular weight excluding hydrogens is 224 g/mol. The average molecular weight is 239 g/mol. The number of nitrogens with one attached hydrogen (secondary N) is 1. The van der Waals surface area contributed by atoms with Gasteiger partial charge in [-0.25, -0.2) is 8.78 Å². The van der Waals surface area contributed by atoms with E-state index < -0.39 is 11.6 Å². The molecule has 1 saturated carbocycles. The zero-order valence-electron chi connectivity index (χ0n) is 9.67. The van der Waals surface area contributed by atoms with Crippen LogP contribution in [0.3, 0.4) is 0 Å². The first kappa shape index (κ1) is 12.0. The molecule has 0 saturated heterocycles. The molecular formula is C13H15F2NO. The maximum Gasteiger partial charge on any atom is 0.223 e. The van der Waals surface area contributed by atoms with Crippen molar-refractivity contribution < 1.29 is 13.6 Å². The Morgan fingerprint density at radius 1 is 1.47 bits per heavy atom. The molecule has 0 unspecified atom stereocenters. The monoisotopic (exact) mass is 239 g/mol. The lowest BCUT2D eigenvalue weighted by Crippen LogP contribution is -2.27. The molecule has 1 fully saturated rings. The van der Waals surface area contributed by atoms with Gasteiger partial charge < -0.3 is 5.32 Å². The maximum atomic E-state index is 13.3. The second-order valence-electron chi connectivity index (χ2n) is 4.60. The number of halogens is 2. The van der Waals surface area contributed by atoms with E-state index in [0.717, 1.165) is 12.5 Å². The molecule has 0 aliphatic heterocycles. The Morgan fingerprint density at radius 2 is 2.18 bits per heavy atom. The molecule has 2 nitrogen and oxygen atoms in total. The van der Waals surface area contributed by atoms with Gasteiger partial charge in [0.1, 0.15) is 11.6 Å². The summed E-state index contributed by atoms with van der Waals surface area (Å²) in [6.07, 6.45) is 1.33. The van der Waals surface area contributed by atoms with Crippen LogP contribution in [0, 0.1) is 23.5 Å². The van der Waals surface area contributed by atoms with Crippen molar-refractivity contribution in [2.75, 3.05) is 6.54 Å². The van der Waals surface area contributed by atoms with E-state index in [2.05, 4.69) is 5.32 Å². The predicted molar refractivity (Wildman–Crippen MR) is 60.3 cm³/mol. The van der Waals surface area contributed by atoms with Crippen LogP contribution < -0.4 is 5.32 Å². The molecule has 0 aromatic heterocycles. The second kappa shape index (κ2) is 4.82. The summed E-state index contributed by atoms with van der Waals surface area (Å²) in [6, 6.07) is 3.50. The molecule has 1 N–H and O–H groups in total. The first-order valence-corrected chi connectivity index (χ1v) is 5.79. The Bertz CT molecular complexity index is 433. The minimum atomic E-state index is -0.581. The number of hydrogen-bond donors (Lipinski definition) is 1. The summed E-state index contributed by atoms with van der Waals surface area (Å²) in [5.41, 5.74) is 0.426. The van der Waals surface area contributed by atoms with E-state index in [1.165, 1.54) is 12.1 Å². The lowest BCUT2D eigenvalue weighted by molar-refractivity contribution is -0.122. The molecule has 17 heavy (non-hydrogen) atoms. The number of hydrogen-bond acceptors (Lipinski definition) is 1. The quantitative estimate of drug-likeness (QED) is 0.858. The van der Waals surface area contributed by atoms with E-state index in [4.69, 9.17) is 0 Å². The zero-order valence-corrected chi connectivity index (χ0v) is 9.67. The Labute approximate surface area is 99.0 Å². The molecule has 0 spiro atoms. The van der Waals surface area contributed by atoms with Crippen molar-refractivity contribution in [1.82, 2.24) is 5.32 Å². The van der Waals surface area contributed by atoms with Crippen molar-refractivity contribution in [3.63, 3.8) is 0 Å². The van der Waals surface area contributed by atoms with Gasteiger partial charge in [0.25, 0.3) is 0 Å². The van der Waals surface area contributed by atoms with Crippen LogP contribution in [0.5, 0.6) is 0 Å². The van der Waals surface area contributed by atoms with E-state index in [1.807, 2.05) is 6.92 Å². The standard InChI is InChI=1S/C13H15F2NO/c1-8-6-11(8)13(17)16-5-4-9-2-3-10(14)7-12(9)15/h2-3,7-8,11H,4-6H2,1H3,(H,16,17)/t8-,11-/m0/s1. The molecule has 1 aliphatic rings. The lowest BCUT2D eigenvalue weighted by atomic mass is 10.1. The highest BCUT2D eigenvalue weighted by atomic mass is 19.1. The first-order chi connectivity index (χ1) is 8.08. The molecule has 0 heterocycles. The van der Waals surface area contributed by atoms with Gasteiger partial charge in [0.2, 0.25) is 5.91 Å². The van der Waals surface area contributed by atoms with Gasteiger partial charge in [-0.3, -0.25) is 4.79 Å². The van der Waals surface area contributed by atoms with Crippen molar-refractivity contribution in [1.29, 1.82) is 0 Å². The molecule has 92 valence electrons. The van der Waals surface area contributed by atoms with E-state index in [0.29, 0.717) is 24.4 Å². The van der Waals surface area contributed by atoms with Crippen LogP contribution in [0.25, 0.3) is 0 Å². The third kappa shape index (κ3) is 3.02. The lowest BCUT2D eigenvalue weighted by Gasteiger charge is -2.05. The molecule has 1 aromatic carbocycles. The Balaban J connectivity index is 1.80. The van der Waals surface area contributed by atoms with Crippen LogP contribution in [0.15, 0.2) is 18.2 Å². The summed E-state index contributed by atoms with van der Waals surface area (Å²) >= 11 is 0. The normalized spacial score (nSPS) is 22.3. The number of amides is 1. The minimum Gasteiger partial charge on any atom is -0.356 e. The van der Waals surface area contributed by atoms with Crippen LogP contribution >= 0.6 is 0 Å². The minimum absolute atomic E-state index is 0.0417. The Kier molecular flexibility index (Phi) is 3.41. The Morgan fingerprint density at radius 3 is 2.76 bits per heavy atom. The number of rotatable bonds is 4. The van der Waals surface area contributed by atoms with Crippen LogP contribution in [0.4, 0.5) is 8.78 Å². The van der Waals surface area contributed by atoms with Crippen molar-refractivity contribution in [2.45, 2.75) is 19.8 Å². The van der Waals surface area contributed by atoms with E-state index in [-0.39, 0.29) is 11.8 Å². The summed E-state index contributed by atoms with van der Waals surface area (Å²) in [4.78, 5) is 11.5. The largest absolute Gasteiger partial charge is 0.356 e. The van der Waals surface area contributed by atoms with Crippen LogP contribution in [0.1, 0.15) is 18.9 Å². The summed E-state index contributed by atoms with van der Waals surface area (Å²) < 4.78 is 25.9. The highest BCUT2D eigenvalue weighted by Gasteiger charge is 2.38. The van der Waals surface area contributed by atoms with E-state index in [9.17, 15) is 13.6 Å². The predicted octanol–water partition coefficient (Wildman–Crippen LogP) is 2.28. The fourth-order valence-electron chi connectivity index (χ4n) is 1.86. The van der Waals surface area contributed by atoms with Gasteiger partial charge in [0, 0.05) is 18.5 Å². The highest BCUT2D eigenvalue weighted by molar-refractivity contribution is 5.81. The van der Waals surface area contributed by atoms with Gasteiger partial charge in [-0.1, -0.05) is 13.0 Å². The molecule has 1 aromatic rings. The number of carbonyl (C=O) groups excluding carboxylic acids is 1. The van der Waals surface area contributed by atoms with E-state index >= 15 is 0 Å². The first-order valence-electron chi connectivity index (χ1n) is 5.79. The summed E-state index contributed by atoms with van der Waals surface area (Å²) in [7, 11) is 0. The molecule has 0 bridgehead atoms. The summed E-state index contributed by atoms with van der Waals surface area (Å²) in [6.45, 7) is 2.43. The van der Waals surface area contributed by atoms with Crippen molar-refractivity contribution in [3.05, 3.63) is 35.4 Å². The van der Waals surface area contributed by atoms with Gasteiger partial charge in [-0.2, -0.15) is 0 Å². The highest BCUT2D eigenvalue weighted by Crippen LogP contribution is 2.37. The van der Waals surface area contributed by atoms with Gasteiger partial charge in [0.15, 0.2) is 0 Å². The third-order valence-electron chi connectivity index (χ3n) is 3.15. The zero-order chi connectivity index (χ0) is 12.4. The molecule has 4 heteroatoms. The smallest absolute Gasteiger partial charge is 0.223 e. The summed E-state index contributed by atoms with van der Waals surface area (Å²) in [5.74, 6) is -0.494. The molecule has 1 amide bonds. The van der Waals surface area contributed by atoms with Crippen molar-refractivity contribution in [2.24, 2.45) is 11.8 Å². The SMILES string of the molecule is C[C@H]1C[C@@H]1C(=O)NCCc1ccc(F)cc1F. The van der Waals surface area contributed by atoms with Crippen LogP contribution in [0.2, 0.25) is 0 Å². The van der Waals surface area contributed by atoms with E-state index in [1.54, 1.807) is 0 Å². The topological polar surface area (TPSA) is 29.1 Å². The van der Waals surface area contributed by atoms with Crippen LogP contribution in [-0.2, 0) is 11.2 Å². The fourth-order valence-corrected chi connectivity index (χ4v) is 1.86. The molecule has 2 rings (SSSR count). The second-order valence-corrected chi connectivity index (χ2v) is 4.60. The average Bonchev–Trinajstić information content (AvgIpc) is 2.99. The molecule has 2 atom stereocenters.